The number of fused-ring (bicyclic) bond motifs is 1. The first-order valence-electron chi connectivity index (χ1n) is 5.38. The van der Waals surface area contributed by atoms with Gasteiger partial charge in [0.2, 0.25) is 0 Å². The van der Waals surface area contributed by atoms with E-state index < -0.39 is 17.9 Å². The number of aliphatic carboxylic acids is 1. The Balaban J connectivity index is 2.50. The van der Waals surface area contributed by atoms with Gasteiger partial charge in [0.15, 0.2) is 18.2 Å². The largest absolute Gasteiger partial charge is 0.480 e. The van der Waals surface area contributed by atoms with Crippen LogP contribution in [0, 0.1) is 0 Å². The molecule has 0 bridgehead atoms. The summed E-state index contributed by atoms with van der Waals surface area (Å²) in [6.45, 7) is 1.54. The molecule has 6 nitrogen and oxygen atoms in total. The summed E-state index contributed by atoms with van der Waals surface area (Å²) in [5.41, 5.74) is 0. The number of carboxylic acids is 1. The number of hydrogen-bond acceptors (Lipinski definition) is 4. The zero-order valence-electron chi connectivity index (χ0n) is 9.59. The van der Waals surface area contributed by atoms with E-state index >= 15 is 0 Å². The number of aromatic nitrogens is 1. The number of halogens is 1. The van der Waals surface area contributed by atoms with Gasteiger partial charge in [0.1, 0.15) is 10.6 Å². The van der Waals surface area contributed by atoms with Gasteiger partial charge < -0.3 is 9.84 Å². The molecular weight excluding hydrogens is 304 g/mol. The SMILES string of the molecule is CCC(C(=O)O)N1C(=O)COc2ccc(Br)nc21. The molecule has 1 amide bonds. The summed E-state index contributed by atoms with van der Waals surface area (Å²) in [6.07, 6.45) is 0.300. The Morgan fingerprint density at radius 1 is 1.67 bits per heavy atom. The second-order valence-electron chi connectivity index (χ2n) is 3.77. The average Bonchev–Trinajstić information content (AvgIpc) is 2.32. The van der Waals surface area contributed by atoms with E-state index in [0.29, 0.717) is 16.8 Å². The number of ether oxygens (including phenoxy) is 1. The van der Waals surface area contributed by atoms with Crippen LogP contribution in [0.5, 0.6) is 5.75 Å². The fraction of sp³-hybridized carbons (Fsp3) is 0.364. The summed E-state index contributed by atoms with van der Waals surface area (Å²) in [7, 11) is 0. The van der Waals surface area contributed by atoms with Crippen LogP contribution in [-0.4, -0.2) is 34.6 Å². The van der Waals surface area contributed by atoms with Crippen molar-refractivity contribution in [1.29, 1.82) is 0 Å². The van der Waals surface area contributed by atoms with Gasteiger partial charge in [0.05, 0.1) is 0 Å². The zero-order valence-corrected chi connectivity index (χ0v) is 11.2. The number of anilines is 1. The van der Waals surface area contributed by atoms with E-state index in [1.807, 2.05) is 0 Å². The number of hydrogen-bond donors (Lipinski definition) is 1. The van der Waals surface area contributed by atoms with Crippen LogP contribution in [0.1, 0.15) is 13.3 Å². The maximum absolute atomic E-state index is 11.9. The second-order valence-corrected chi connectivity index (χ2v) is 4.58. The second kappa shape index (κ2) is 4.93. The molecule has 1 aromatic heterocycles. The first kappa shape index (κ1) is 12.8. The van der Waals surface area contributed by atoms with E-state index in [9.17, 15) is 9.59 Å². The van der Waals surface area contributed by atoms with Crippen LogP contribution in [0.15, 0.2) is 16.7 Å². The lowest BCUT2D eigenvalue weighted by atomic mass is 10.1. The Labute approximate surface area is 112 Å². The number of carboxylic acid groups (broad SMARTS) is 1. The Hall–Kier alpha value is -1.63. The highest BCUT2D eigenvalue weighted by molar-refractivity contribution is 9.10. The molecule has 0 saturated heterocycles. The summed E-state index contributed by atoms with van der Waals surface area (Å²) in [6, 6.07) is 2.40. The Morgan fingerprint density at radius 3 is 3.00 bits per heavy atom. The highest BCUT2D eigenvalue weighted by atomic mass is 79.9. The molecule has 1 aliphatic rings. The van der Waals surface area contributed by atoms with Crippen molar-refractivity contribution in [2.75, 3.05) is 11.5 Å². The smallest absolute Gasteiger partial charge is 0.326 e. The third-order valence-corrected chi connectivity index (χ3v) is 3.08. The van der Waals surface area contributed by atoms with Gasteiger partial charge in [-0.25, -0.2) is 9.78 Å². The molecule has 0 radical (unpaired) electrons. The maximum atomic E-state index is 11.9. The van der Waals surface area contributed by atoms with Gasteiger partial charge >= 0.3 is 5.97 Å². The first-order chi connectivity index (χ1) is 8.54. The van der Waals surface area contributed by atoms with Crippen molar-refractivity contribution in [1.82, 2.24) is 4.98 Å². The van der Waals surface area contributed by atoms with Crippen LogP contribution in [0.25, 0.3) is 0 Å². The van der Waals surface area contributed by atoms with Crippen molar-refractivity contribution < 1.29 is 19.4 Å². The Bertz CT molecular complexity index is 506. The molecule has 0 aliphatic carbocycles. The predicted octanol–water partition coefficient (Wildman–Crippen LogP) is 1.43. The lowest BCUT2D eigenvalue weighted by molar-refractivity contribution is -0.140. The van der Waals surface area contributed by atoms with Crippen LogP contribution < -0.4 is 9.64 Å². The maximum Gasteiger partial charge on any atom is 0.326 e. The zero-order chi connectivity index (χ0) is 13.3. The molecule has 2 rings (SSSR count). The van der Waals surface area contributed by atoms with Gasteiger partial charge in [-0.15, -0.1) is 0 Å². The van der Waals surface area contributed by atoms with Gasteiger partial charge in [-0.2, -0.15) is 0 Å². The Kier molecular flexibility index (Phi) is 3.51. The predicted molar refractivity (Wildman–Crippen MR) is 66.6 cm³/mol. The molecule has 0 saturated carbocycles. The van der Waals surface area contributed by atoms with Crippen LogP contribution in [0.3, 0.4) is 0 Å². The van der Waals surface area contributed by atoms with Crippen molar-refractivity contribution >= 4 is 33.6 Å². The highest BCUT2D eigenvalue weighted by Crippen LogP contribution is 2.33. The van der Waals surface area contributed by atoms with Crippen molar-refractivity contribution in [3.05, 3.63) is 16.7 Å². The van der Waals surface area contributed by atoms with Crippen LogP contribution in [-0.2, 0) is 9.59 Å². The number of amides is 1. The molecular formula is C11H11BrN2O4. The van der Waals surface area contributed by atoms with Crippen molar-refractivity contribution in [2.45, 2.75) is 19.4 Å². The van der Waals surface area contributed by atoms with Crippen LogP contribution in [0.4, 0.5) is 5.82 Å². The van der Waals surface area contributed by atoms with Crippen molar-refractivity contribution in [2.24, 2.45) is 0 Å². The lowest BCUT2D eigenvalue weighted by Gasteiger charge is -2.32. The van der Waals surface area contributed by atoms with Crippen molar-refractivity contribution in [3.8, 4) is 5.75 Å². The normalized spacial score (nSPS) is 15.9. The van der Waals surface area contributed by atoms with E-state index in [2.05, 4.69) is 20.9 Å². The summed E-state index contributed by atoms with van der Waals surface area (Å²) in [4.78, 5) is 28.4. The molecule has 7 heteroatoms. The molecule has 18 heavy (non-hydrogen) atoms. The van der Waals surface area contributed by atoms with E-state index in [1.165, 1.54) is 4.90 Å². The average molecular weight is 315 g/mol. The standard InChI is InChI=1S/C11H11BrN2O4/c1-2-6(11(16)17)14-9(15)5-18-7-3-4-8(12)13-10(7)14/h3-4,6H,2,5H2,1H3,(H,16,17). The summed E-state index contributed by atoms with van der Waals surface area (Å²) >= 11 is 3.19. The molecule has 1 unspecified atom stereocenters. The number of pyridine rings is 1. The highest BCUT2D eigenvalue weighted by Gasteiger charge is 2.35. The minimum Gasteiger partial charge on any atom is -0.480 e. The van der Waals surface area contributed by atoms with Gasteiger partial charge in [-0.1, -0.05) is 6.92 Å². The van der Waals surface area contributed by atoms with Gasteiger partial charge in [-0.3, -0.25) is 9.69 Å². The molecule has 0 aromatic carbocycles. The molecule has 96 valence electrons. The topological polar surface area (TPSA) is 79.7 Å². The van der Waals surface area contributed by atoms with E-state index in [1.54, 1.807) is 19.1 Å². The molecule has 0 spiro atoms. The third kappa shape index (κ3) is 2.17. The minimum atomic E-state index is -1.06. The Morgan fingerprint density at radius 2 is 2.39 bits per heavy atom. The minimum absolute atomic E-state index is 0.167. The number of rotatable bonds is 3. The molecule has 0 fully saturated rings. The van der Waals surface area contributed by atoms with Crippen LogP contribution >= 0.6 is 15.9 Å². The number of carbonyl (C=O) groups is 2. The van der Waals surface area contributed by atoms with E-state index in [0.717, 1.165) is 0 Å². The monoisotopic (exact) mass is 314 g/mol. The summed E-state index contributed by atoms with van der Waals surface area (Å²) < 4.78 is 5.75. The van der Waals surface area contributed by atoms with Crippen LogP contribution in [0.2, 0.25) is 0 Å². The molecule has 1 N–H and O–H groups in total. The quantitative estimate of drug-likeness (QED) is 0.854. The van der Waals surface area contributed by atoms with E-state index in [-0.39, 0.29) is 12.4 Å². The lowest BCUT2D eigenvalue weighted by Crippen LogP contribution is -2.49. The number of nitrogens with zero attached hydrogens (tertiary/aromatic N) is 2. The molecule has 1 aliphatic heterocycles. The summed E-state index contributed by atoms with van der Waals surface area (Å²) in [5.74, 6) is -0.796. The first-order valence-corrected chi connectivity index (χ1v) is 6.18. The molecule has 2 heterocycles. The van der Waals surface area contributed by atoms with Crippen molar-refractivity contribution in [3.63, 3.8) is 0 Å². The van der Waals surface area contributed by atoms with Gasteiger partial charge in [-0.05, 0) is 34.5 Å². The fourth-order valence-corrected chi connectivity index (χ4v) is 2.11. The third-order valence-electron chi connectivity index (χ3n) is 2.64. The molecule has 1 aromatic rings. The van der Waals surface area contributed by atoms with Gasteiger partial charge in [0, 0.05) is 0 Å². The van der Waals surface area contributed by atoms with E-state index in [4.69, 9.17) is 9.84 Å². The number of carbonyl (C=O) groups excluding carboxylic acids is 1. The van der Waals surface area contributed by atoms with Gasteiger partial charge in [0.25, 0.3) is 5.91 Å². The summed E-state index contributed by atoms with van der Waals surface area (Å²) in [5, 5.41) is 9.16. The fourth-order valence-electron chi connectivity index (χ4n) is 1.81. The molecule has 1 atom stereocenters.